The maximum absolute atomic E-state index is 8.76. The van der Waals surface area contributed by atoms with Gasteiger partial charge >= 0.3 is 0 Å². The lowest BCUT2D eigenvalue weighted by molar-refractivity contribution is 0.174. The molecule has 0 amide bonds. The summed E-state index contributed by atoms with van der Waals surface area (Å²) >= 11 is 0. The van der Waals surface area contributed by atoms with Gasteiger partial charge in [0, 0.05) is 17.3 Å². The Morgan fingerprint density at radius 3 is 2.88 bits per heavy atom. The third-order valence-corrected chi connectivity index (χ3v) is 3.83. The van der Waals surface area contributed by atoms with Crippen LogP contribution in [0.3, 0.4) is 0 Å². The summed E-state index contributed by atoms with van der Waals surface area (Å²) in [5.41, 5.74) is 4.12. The average Bonchev–Trinajstić information content (AvgIpc) is 3.26. The number of fused-ring (bicyclic) bond motifs is 1. The molecule has 25 heavy (non-hydrogen) atoms. The molecule has 2 aromatic heterocycles. The first-order chi connectivity index (χ1) is 12.2. The van der Waals surface area contributed by atoms with E-state index in [4.69, 9.17) is 14.7 Å². The third-order valence-electron chi connectivity index (χ3n) is 3.83. The second-order valence-electron chi connectivity index (χ2n) is 5.54. The smallest absolute Gasteiger partial charge is 0.231 e. The molecule has 0 unspecified atom stereocenters. The first-order valence-corrected chi connectivity index (χ1v) is 7.75. The molecular formula is C19H14N4O2. The van der Waals surface area contributed by atoms with Crippen LogP contribution in [0.25, 0.3) is 28.7 Å². The first kappa shape index (κ1) is 15.0. The molecule has 0 bridgehead atoms. The number of imidazole rings is 1. The first-order valence-electron chi connectivity index (χ1n) is 7.75. The van der Waals surface area contributed by atoms with E-state index in [9.17, 15) is 0 Å². The van der Waals surface area contributed by atoms with Crippen LogP contribution >= 0.6 is 0 Å². The van der Waals surface area contributed by atoms with E-state index in [1.165, 1.54) is 6.08 Å². The third kappa shape index (κ3) is 2.83. The Balaban J connectivity index is 1.87. The van der Waals surface area contributed by atoms with Gasteiger partial charge in [0.25, 0.3) is 0 Å². The van der Waals surface area contributed by atoms with Crippen LogP contribution in [0.4, 0.5) is 0 Å². The van der Waals surface area contributed by atoms with Crippen LogP contribution in [0.2, 0.25) is 0 Å². The number of hydrogen-bond acceptors (Lipinski definition) is 5. The van der Waals surface area contributed by atoms with E-state index in [0.717, 1.165) is 34.1 Å². The van der Waals surface area contributed by atoms with Crippen LogP contribution in [0, 0.1) is 18.3 Å². The molecule has 0 fully saturated rings. The second kappa shape index (κ2) is 6.13. The van der Waals surface area contributed by atoms with Gasteiger partial charge in [-0.3, -0.25) is 4.98 Å². The molecule has 6 nitrogen and oxygen atoms in total. The molecule has 1 N–H and O–H groups in total. The molecule has 3 heterocycles. The monoisotopic (exact) mass is 330 g/mol. The van der Waals surface area contributed by atoms with Gasteiger partial charge in [0.05, 0.1) is 23.2 Å². The standard InChI is InChI=1S/C19H14N4O2/c1-12-4-2-5-14(21-12)19-18(22-17(23-19)6-3-9-20)13-7-8-15-16(10-13)25-11-24-15/h2-8,10H,11H2,1H3,(H,22,23). The molecule has 0 spiro atoms. The minimum Gasteiger partial charge on any atom is -0.454 e. The number of nitrogens with zero attached hydrogens (tertiary/aromatic N) is 3. The van der Waals surface area contributed by atoms with E-state index in [1.54, 1.807) is 6.08 Å². The molecule has 0 aliphatic carbocycles. The van der Waals surface area contributed by atoms with Crippen LogP contribution in [0.15, 0.2) is 42.5 Å². The summed E-state index contributed by atoms with van der Waals surface area (Å²) in [6.45, 7) is 2.17. The van der Waals surface area contributed by atoms with E-state index in [1.807, 2.05) is 49.4 Å². The number of pyridine rings is 1. The van der Waals surface area contributed by atoms with E-state index in [2.05, 4.69) is 15.0 Å². The van der Waals surface area contributed by atoms with Crippen LogP contribution < -0.4 is 9.47 Å². The fourth-order valence-corrected chi connectivity index (χ4v) is 2.71. The van der Waals surface area contributed by atoms with Gasteiger partial charge in [0.15, 0.2) is 11.5 Å². The number of nitrogens with one attached hydrogen (secondary N) is 1. The number of ether oxygens (including phenoxy) is 2. The Kier molecular flexibility index (Phi) is 3.67. The SMILES string of the molecule is Cc1cccc(-c2[nH]c(C=CC#N)nc2-c2ccc3c(c2)OCO3)n1. The minimum absolute atomic E-state index is 0.224. The summed E-state index contributed by atoms with van der Waals surface area (Å²) in [7, 11) is 0. The van der Waals surface area contributed by atoms with Gasteiger partial charge in [0.2, 0.25) is 6.79 Å². The summed E-state index contributed by atoms with van der Waals surface area (Å²) in [5, 5.41) is 8.76. The summed E-state index contributed by atoms with van der Waals surface area (Å²) in [6.07, 6.45) is 3.02. The Bertz CT molecular complexity index is 1010. The molecule has 4 rings (SSSR count). The van der Waals surface area contributed by atoms with Gasteiger partial charge in [-0.1, -0.05) is 6.07 Å². The lowest BCUT2D eigenvalue weighted by Gasteiger charge is -2.04. The molecule has 1 aromatic carbocycles. The van der Waals surface area contributed by atoms with Crippen molar-refractivity contribution in [2.75, 3.05) is 6.79 Å². The molecule has 1 aliphatic heterocycles. The molecule has 6 heteroatoms. The van der Waals surface area contributed by atoms with Crippen LogP contribution in [-0.4, -0.2) is 21.7 Å². The summed E-state index contributed by atoms with van der Waals surface area (Å²) in [5.74, 6) is 2.00. The zero-order valence-electron chi connectivity index (χ0n) is 13.5. The molecule has 122 valence electrons. The highest BCUT2D eigenvalue weighted by molar-refractivity contribution is 5.79. The van der Waals surface area contributed by atoms with Gasteiger partial charge in [-0.2, -0.15) is 5.26 Å². The Morgan fingerprint density at radius 2 is 2.04 bits per heavy atom. The highest BCUT2D eigenvalue weighted by Crippen LogP contribution is 2.38. The quantitative estimate of drug-likeness (QED) is 0.740. The number of allylic oxidation sites excluding steroid dienone is 1. The van der Waals surface area contributed by atoms with Crippen LogP contribution in [0.1, 0.15) is 11.5 Å². The van der Waals surface area contributed by atoms with Crippen LogP contribution in [0.5, 0.6) is 11.5 Å². The predicted molar refractivity (Wildman–Crippen MR) is 92.8 cm³/mol. The molecule has 0 atom stereocenters. The maximum atomic E-state index is 8.76. The molecule has 0 saturated carbocycles. The van der Waals surface area contributed by atoms with Crippen molar-refractivity contribution < 1.29 is 9.47 Å². The number of nitriles is 1. The molecule has 0 radical (unpaired) electrons. The molecule has 1 aliphatic rings. The average molecular weight is 330 g/mol. The molecular weight excluding hydrogens is 316 g/mol. The highest BCUT2D eigenvalue weighted by atomic mass is 16.7. The number of aromatic nitrogens is 3. The molecule has 0 saturated heterocycles. The number of hydrogen-bond donors (Lipinski definition) is 1. The lowest BCUT2D eigenvalue weighted by atomic mass is 10.1. The van der Waals surface area contributed by atoms with Crippen LogP contribution in [-0.2, 0) is 0 Å². The van der Waals surface area contributed by atoms with Crippen molar-refractivity contribution in [3.63, 3.8) is 0 Å². The fourth-order valence-electron chi connectivity index (χ4n) is 2.71. The van der Waals surface area contributed by atoms with E-state index in [-0.39, 0.29) is 6.79 Å². The molecule has 3 aromatic rings. The van der Waals surface area contributed by atoms with Crippen molar-refractivity contribution in [1.82, 2.24) is 15.0 Å². The summed E-state index contributed by atoms with van der Waals surface area (Å²) in [6, 6.07) is 13.5. The largest absolute Gasteiger partial charge is 0.454 e. The van der Waals surface area contributed by atoms with Gasteiger partial charge in [0.1, 0.15) is 5.82 Å². The fraction of sp³-hybridized carbons (Fsp3) is 0.105. The number of rotatable bonds is 3. The van der Waals surface area contributed by atoms with Gasteiger partial charge in [-0.25, -0.2) is 4.98 Å². The zero-order valence-corrected chi connectivity index (χ0v) is 13.5. The van der Waals surface area contributed by atoms with Gasteiger partial charge < -0.3 is 14.5 Å². The Morgan fingerprint density at radius 1 is 1.16 bits per heavy atom. The number of benzene rings is 1. The van der Waals surface area contributed by atoms with Crippen molar-refractivity contribution in [1.29, 1.82) is 5.26 Å². The lowest BCUT2D eigenvalue weighted by Crippen LogP contribution is -1.92. The van der Waals surface area contributed by atoms with Crippen molar-refractivity contribution in [3.05, 3.63) is 54.0 Å². The number of aryl methyl sites for hydroxylation is 1. The predicted octanol–water partition coefficient (Wildman–Crippen LogP) is 3.71. The topological polar surface area (TPSA) is 83.8 Å². The normalized spacial score (nSPS) is 12.5. The minimum atomic E-state index is 0.224. The van der Waals surface area contributed by atoms with E-state index < -0.39 is 0 Å². The van der Waals surface area contributed by atoms with Gasteiger partial charge in [-0.15, -0.1) is 0 Å². The Hall–Kier alpha value is -3.59. The van der Waals surface area contributed by atoms with Crippen molar-refractivity contribution in [2.45, 2.75) is 6.92 Å². The summed E-state index contributed by atoms with van der Waals surface area (Å²) < 4.78 is 10.8. The summed E-state index contributed by atoms with van der Waals surface area (Å²) in [4.78, 5) is 12.4. The van der Waals surface area contributed by atoms with E-state index in [0.29, 0.717) is 11.6 Å². The number of H-pyrrole nitrogens is 1. The van der Waals surface area contributed by atoms with Gasteiger partial charge in [-0.05, 0) is 43.3 Å². The second-order valence-corrected chi connectivity index (χ2v) is 5.54. The van der Waals surface area contributed by atoms with Crippen molar-refractivity contribution >= 4 is 6.08 Å². The van der Waals surface area contributed by atoms with Crippen molar-refractivity contribution in [2.24, 2.45) is 0 Å². The maximum Gasteiger partial charge on any atom is 0.231 e. The Labute approximate surface area is 144 Å². The van der Waals surface area contributed by atoms with Crippen molar-refractivity contribution in [3.8, 4) is 40.2 Å². The van der Waals surface area contributed by atoms with E-state index >= 15 is 0 Å². The highest BCUT2D eigenvalue weighted by Gasteiger charge is 2.19. The zero-order chi connectivity index (χ0) is 17.2. The number of aromatic amines is 1.